The molecule has 0 radical (unpaired) electrons. The number of nitrogens with one attached hydrogen (secondary N) is 1. The molecule has 1 aromatic carbocycles. The lowest BCUT2D eigenvalue weighted by atomic mass is 10.2. The summed E-state index contributed by atoms with van der Waals surface area (Å²) in [4.78, 5) is 0. The molecule has 1 aliphatic heterocycles. The number of hydrogen-bond donors (Lipinski definition) is 1. The van der Waals surface area contributed by atoms with Crippen molar-refractivity contribution < 1.29 is 4.74 Å². The van der Waals surface area contributed by atoms with Crippen molar-refractivity contribution in [1.82, 2.24) is 5.32 Å². The molecule has 4 heteroatoms. The van der Waals surface area contributed by atoms with Gasteiger partial charge in [0.15, 0.2) is 0 Å². The molecule has 1 saturated heterocycles. The molecule has 2 nitrogen and oxygen atoms in total. The molecule has 0 aliphatic carbocycles. The van der Waals surface area contributed by atoms with Gasteiger partial charge >= 0.3 is 0 Å². The highest BCUT2D eigenvalue weighted by atomic mass is 35.5. The molecule has 1 heterocycles. The first-order valence-electron chi connectivity index (χ1n) is 5.07. The van der Waals surface area contributed by atoms with Crippen LogP contribution in [0.15, 0.2) is 18.2 Å². The van der Waals surface area contributed by atoms with Crippen LogP contribution >= 0.6 is 23.2 Å². The van der Waals surface area contributed by atoms with Gasteiger partial charge in [-0.25, -0.2) is 0 Å². The van der Waals surface area contributed by atoms with E-state index >= 15 is 0 Å². The predicted octanol–water partition coefficient (Wildman–Crippen LogP) is 3.12. The highest BCUT2D eigenvalue weighted by molar-refractivity contribution is 6.42. The van der Waals surface area contributed by atoms with E-state index in [1.807, 2.05) is 6.07 Å². The van der Waals surface area contributed by atoms with E-state index in [2.05, 4.69) is 5.32 Å². The van der Waals surface area contributed by atoms with Crippen LogP contribution < -0.4 is 10.1 Å². The summed E-state index contributed by atoms with van der Waals surface area (Å²) in [5.41, 5.74) is 0. The Bertz CT molecular complexity index is 337. The Kier molecular flexibility index (Phi) is 3.73. The van der Waals surface area contributed by atoms with Crippen LogP contribution in [-0.4, -0.2) is 19.2 Å². The lowest BCUT2D eigenvalue weighted by Gasteiger charge is -2.12. The molecule has 0 unspecified atom stereocenters. The van der Waals surface area contributed by atoms with Gasteiger partial charge in [-0.05, 0) is 31.5 Å². The monoisotopic (exact) mass is 245 g/mol. The summed E-state index contributed by atoms with van der Waals surface area (Å²) >= 11 is 11.7. The van der Waals surface area contributed by atoms with Crippen molar-refractivity contribution in [2.24, 2.45) is 0 Å². The van der Waals surface area contributed by atoms with Gasteiger partial charge in [0.2, 0.25) is 0 Å². The van der Waals surface area contributed by atoms with Gasteiger partial charge < -0.3 is 10.1 Å². The zero-order chi connectivity index (χ0) is 10.7. The van der Waals surface area contributed by atoms with Crippen LogP contribution in [0.5, 0.6) is 5.75 Å². The zero-order valence-electron chi connectivity index (χ0n) is 8.30. The quantitative estimate of drug-likeness (QED) is 0.884. The minimum absolute atomic E-state index is 0.472. The van der Waals surface area contributed by atoms with Crippen molar-refractivity contribution >= 4 is 23.2 Å². The van der Waals surface area contributed by atoms with Crippen LogP contribution in [0, 0.1) is 0 Å². The topological polar surface area (TPSA) is 21.3 Å². The maximum absolute atomic E-state index is 5.88. The molecular formula is C11H13Cl2NO. The second-order valence-corrected chi connectivity index (χ2v) is 4.49. The molecule has 1 atom stereocenters. The largest absolute Gasteiger partial charge is 0.492 e. The highest BCUT2D eigenvalue weighted by Gasteiger charge is 2.14. The van der Waals surface area contributed by atoms with Gasteiger partial charge in [-0.15, -0.1) is 0 Å². The Hall–Kier alpha value is -0.440. The average molecular weight is 246 g/mol. The van der Waals surface area contributed by atoms with Gasteiger partial charge in [0.25, 0.3) is 0 Å². The molecule has 1 aliphatic rings. The van der Waals surface area contributed by atoms with Crippen molar-refractivity contribution in [3.63, 3.8) is 0 Å². The number of rotatable bonds is 3. The molecule has 0 saturated carbocycles. The molecule has 1 aromatic rings. The molecule has 15 heavy (non-hydrogen) atoms. The number of ether oxygens (including phenoxy) is 1. The first-order chi connectivity index (χ1) is 7.25. The summed E-state index contributed by atoms with van der Waals surface area (Å²) in [5, 5.41) is 4.46. The minimum atomic E-state index is 0.472. The Morgan fingerprint density at radius 1 is 1.33 bits per heavy atom. The van der Waals surface area contributed by atoms with Gasteiger partial charge in [-0.3, -0.25) is 0 Å². The van der Waals surface area contributed by atoms with Crippen LogP contribution in [0.2, 0.25) is 10.0 Å². The summed E-state index contributed by atoms with van der Waals surface area (Å²) in [7, 11) is 0. The Morgan fingerprint density at radius 3 is 2.87 bits per heavy atom. The number of benzene rings is 1. The molecule has 82 valence electrons. The van der Waals surface area contributed by atoms with Crippen LogP contribution in [0.3, 0.4) is 0 Å². The molecular weight excluding hydrogens is 233 g/mol. The highest BCUT2D eigenvalue weighted by Crippen LogP contribution is 2.26. The average Bonchev–Trinajstić information content (AvgIpc) is 2.73. The van der Waals surface area contributed by atoms with E-state index in [0.717, 1.165) is 12.3 Å². The number of halogens is 2. The Balaban J connectivity index is 1.90. The Labute approximate surface area is 99.5 Å². The summed E-state index contributed by atoms with van der Waals surface area (Å²) in [6.07, 6.45) is 2.41. The van der Waals surface area contributed by atoms with Gasteiger partial charge in [0.05, 0.1) is 10.0 Å². The lowest BCUT2D eigenvalue weighted by molar-refractivity contribution is 0.277. The third kappa shape index (κ3) is 3.00. The lowest BCUT2D eigenvalue weighted by Crippen LogP contribution is -2.28. The summed E-state index contributed by atoms with van der Waals surface area (Å²) in [6, 6.07) is 5.81. The smallest absolute Gasteiger partial charge is 0.120 e. The van der Waals surface area contributed by atoms with Crippen molar-refractivity contribution in [2.45, 2.75) is 18.9 Å². The van der Waals surface area contributed by atoms with Crippen LogP contribution in [0.1, 0.15) is 12.8 Å². The second kappa shape index (κ2) is 5.06. The van der Waals surface area contributed by atoms with Crippen molar-refractivity contribution in [3.8, 4) is 5.75 Å². The fraction of sp³-hybridized carbons (Fsp3) is 0.455. The van der Waals surface area contributed by atoms with E-state index in [0.29, 0.717) is 22.7 Å². The summed E-state index contributed by atoms with van der Waals surface area (Å²) < 4.78 is 5.62. The van der Waals surface area contributed by atoms with E-state index in [1.165, 1.54) is 12.8 Å². The van der Waals surface area contributed by atoms with Crippen molar-refractivity contribution in [1.29, 1.82) is 0 Å². The van der Waals surface area contributed by atoms with Gasteiger partial charge in [-0.1, -0.05) is 23.2 Å². The summed E-state index contributed by atoms with van der Waals surface area (Å²) in [5.74, 6) is 0.776. The normalized spacial score (nSPS) is 20.5. The molecule has 1 fully saturated rings. The number of hydrogen-bond acceptors (Lipinski definition) is 2. The van der Waals surface area contributed by atoms with Crippen LogP contribution in [0.4, 0.5) is 0 Å². The molecule has 0 aromatic heterocycles. The first kappa shape index (κ1) is 11.1. The van der Waals surface area contributed by atoms with Gasteiger partial charge in [-0.2, -0.15) is 0 Å². The van der Waals surface area contributed by atoms with Crippen LogP contribution in [0.25, 0.3) is 0 Å². The van der Waals surface area contributed by atoms with E-state index in [1.54, 1.807) is 12.1 Å². The van der Waals surface area contributed by atoms with Gasteiger partial charge in [0, 0.05) is 12.1 Å². The minimum Gasteiger partial charge on any atom is -0.492 e. The van der Waals surface area contributed by atoms with Crippen molar-refractivity contribution in [2.75, 3.05) is 13.2 Å². The maximum atomic E-state index is 5.88. The molecule has 0 amide bonds. The van der Waals surface area contributed by atoms with E-state index in [-0.39, 0.29) is 0 Å². The Morgan fingerprint density at radius 2 is 2.20 bits per heavy atom. The van der Waals surface area contributed by atoms with E-state index < -0.39 is 0 Å². The maximum Gasteiger partial charge on any atom is 0.120 e. The third-order valence-electron chi connectivity index (χ3n) is 2.50. The molecule has 2 rings (SSSR count). The fourth-order valence-electron chi connectivity index (χ4n) is 1.66. The fourth-order valence-corrected chi connectivity index (χ4v) is 1.95. The van der Waals surface area contributed by atoms with Crippen molar-refractivity contribution in [3.05, 3.63) is 28.2 Å². The first-order valence-corrected chi connectivity index (χ1v) is 5.82. The molecule has 1 N–H and O–H groups in total. The summed E-state index contributed by atoms with van der Waals surface area (Å²) in [6.45, 7) is 1.79. The molecule has 0 spiro atoms. The standard InChI is InChI=1S/C11H13Cl2NO/c12-10-4-3-9(6-11(10)13)15-7-8-2-1-5-14-8/h3-4,6,8,14H,1-2,5,7H2/t8-/m1/s1. The van der Waals surface area contributed by atoms with Crippen LogP contribution in [-0.2, 0) is 0 Å². The predicted molar refractivity (Wildman–Crippen MR) is 63.0 cm³/mol. The second-order valence-electron chi connectivity index (χ2n) is 3.68. The zero-order valence-corrected chi connectivity index (χ0v) is 9.81. The SMILES string of the molecule is Clc1ccc(OC[C@H]2CCCN2)cc1Cl. The van der Waals surface area contributed by atoms with E-state index in [9.17, 15) is 0 Å². The molecule has 0 bridgehead atoms. The van der Waals surface area contributed by atoms with Gasteiger partial charge in [0.1, 0.15) is 12.4 Å². The van der Waals surface area contributed by atoms with E-state index in [4.69, 9.17) is 27.9 Å². The third-order valence-corrected chi connectivity index (χ3v) is 3.24.